The van der Waals surface area contributed by atoms with Crippen molar-refractivity contribution < 1.29 is 14.3 Å². The predicted octanol–water partition coefficient (Wildman–Crippen LogP) is 4.96. The van der Waals surface area contributed by atoms with E-state index in [4.69, 9.17) is 9.72 Å². The number of hydrazine groups is 1. The standard InChI is InChI=1S/C31H33N5O3/c1-3-34-16-18-35(19-17-34)22-23-10-9-11-24(20-23)29-21-27(26-14-7-8-15-28(26)32-29)30(37)33-36(31(38)39-2)25-12-5-4-6-13-25/h4-15,20-21H,3,16-19,22H2,1-2H3,(H,33,37). The summed E-state index contributed by atoms with van der Waals surface area (Å²) < 4.78 is 4.93. The van der Waals surface area contributed by atoms with E-state index in [1.807, 2.05) is 42.5 Å². The Labute approximate surface area is 228 Å². The quantitative estimate of drug-likeness (QED) is 0.360. The topological polar surface area (TPSA) is 78.0 Å². The minimum atomic E-state index is -0.694. The van der Waals surface area contributed by atoms with Gasteiger partial charge >= 0.3 is 6.09 Å². The van der Waals surface area contributed by atoms with E-state index in [2.05, 4.69) is 34.3 Å². The number of ether oxygens (including phenoxy) is 1. The Morgan fingerprint density at radius 1 is 0.897 bits per heavy atom. The number of para-hydroxylation sites is 2. The van der Waals surface area contributed by atoms with Gasteiger partial charge in [-0.2, -0.15) is 5.01 Å². The summed E-state index contributed by atoms with van der Waals surface area (Å²) in [4.78, 5) is 36.0. The molecular formula is C31H33N5O3. The molecule has 1 aromatic heterocycles. The van der Waals surface area contributed by atoms with Gasteiger partial charge in [0.25, 0.3) is 5.91 Å². The molecule has 1 aliphatic heterocycles. The summed E-state index contributed by atoms with van der Waals surface area (Å²) in [6.45, 7) is 8.45. The van der Waals surface area contributed by atoms with Crippen molar-refractivity contribution in [3.63, 3.8) is 0 Å². The summed E-state index contributed by atoms with van der Waals surface area (Å²) in [5, 5.41) is 1.80. The molecule has 39 heavy (non-hydrogen) atoms. The van der Waals surface area contributed by atoms with Crippen LogP contribution in [-0.2, 0) is 11.3 Å². The number of piperazine rings is 1. The zero-order valence-corrected chi connectivity index (χ0v) is 22.3. The van der Waals surface area contributed by atoms with Crippen LogP contribution in [0.25, 0.3) is 22.2 Å². The third-order valence-corrected chi connectivity index (χ3v) is 7.09. The van der Waals surface area contributed by atoms with E-state index >= 15 is 0 Å². The predicted molar refractivity (Wildman–Crippen MR) is 153 cm³/mol. The van der Waals surface area contributed by atoms with Crippen LogP contribution < -0.4 is 10.4 Å². The van der Waals surface area contributed by atoms with Crippen LogP contribution in [0.5, 0.6) is 0 Å². The maximum absolute atomic E-state index is 13.6. The number of nitrogens with zero attached hydrogens (tertiary/aromatic N) is 4. The Morgan fingerprint density at radius 2 is 1.62 bits per heavy atom. The monoisotopic (exact) mass is 523 g/mol. The number of nitrogens with one attached hydrogen (secondary N) is 1. The van der Waals surface area contributed by atoms with Crippen molar-refractivity contribution in [2.24, 2.45) is 0 Å². The van der Waals surface area contributed by atoms with Crippen LogP contribution in [0, 0.1) is 0 Å². The van der Waals surface area contributed by atoms with Gasteiger partial charge in [-0.25, -0.2) is 9.78 Å². The molecule has 0 bridgehead atoms. The Balaban J connectivity index is 1.45. The largest absolute Gasteiger partial charge is 0.451 e. The number of anilines is 1. The van der Waals surface area contributed by atoms with Gasteiger partial charge in [0.1, 0.15) is 0 Å². The molecule has 2 amide bonds. The average molecular weight is 524 g/mol. The van der Waals surface area contributed by atoms with Gasteiger partial charge in [0.05, 0.1) is 29.6 Å². The van der Waals surface area contributed by atoms with E-state index in [0.717, 1.165) is 49.8 Å². The first kappa shape index (κ1) is 26.3. The van der Waals surface area contributed by atoms with Crippen LogP contribution in [0.15, 0.2) is 84.9 Å². The molecule has 0 spiro atoms. The van der Waals surface area contributed by atoms with E-state index in [1.54, 1.807) is 30.3 Å². The fourth-order valence-corrected chi connectivity index (χ4v) is 4.91. The normalized spacial score (nSPS) is 14.2. The van der Waals surface area contributed by atoms with Crippen molar-refractivity contribution in [2.75, 3.05) is 44.8 Å². The highest BCUT2D eigenvalue weighted by atomic mass is 16.5. The zero-order valence-electron chi connectivity index (χ0n) is 22.3. The molecular weight excluding hydrogens is 490 g/mol. The number of amides is 2. The molecule has 2 heterocycles. The number of carbonyl (C=O) groups excluding carboxylic acids is 2. The minimum absolute atomic E-state index is 0.418. The number of methoxy groups -OCH3 is 1. The summed E-state index contributed by atoms with van der Waals surface area (Å²) in [5.41, 5.74) is 7.17. The molecule has 1 saturated heterocycles. The summed E-state index contributed by atoms with van der Waals surface area (Å²) in [6, 6.07) is 26.5. The van der Waals surface area contributed by atoms with Gasteiger partial charge in [0, 0.05) is 43.7 Å². The lowest BCUT2D eigenvalue weighted by atomic mass is 10.0. The van der Waals surface area contributed by atoms with Crippen molar-refractivity contribution >= 4 is 28.6 Å². The van der Waals surface area contributed by atoms with Crippen LogP contribution in [0.1, 0.15) is 22.8 Å². The molecule has 0 atom stereocenters. The molecule has 1 fully saturated rings. The molecule has 0 radical (unpaired) electrons. The molecule has 8 nitrogen and oxygen atoms in total. The summed E-state index contributed by atoms with van der Waals surface area (Å²) in [7, 11) is 1.28. The molecule has 0 saturated carbocycles. The van der Waals surface area contributed by atoms with E-state index in [1.165, 1.54) is 12.7 Å². The number of fused-ring (bicyclic) bond motifs is 1. The number of carbonyl (C=O) groups is 2. The molecule has 8 heteroatoms. The summed E-state index contributed by atoms with van der Waals surface area (Å²) in [6.07, 6.45) is -0.694. The lowest BCUT2D eigenvalue weighted by Crippen LogP contribution is -2.46. The van der Waals surface area contributed by atoms with E-state index in [0.29, 0.717) is 27.8 Å². The van der Waals surface area contributed by atoms with Crippen molar-refractivity contribution in [1.29, 1.82) is 0 Å². The Kier molecular flexibility index (Phi) is 8.15. The van der Waals surface area contributed by atoms with Gasteiger partial charge in [0.2, 0.25) is 0 Å². The lowest BCUT2D eigenvalue weighted by Gasteiger charge is -2.34. The van der Waals surface area contributed by atoms with E-state index < -0.39 is 12.0 Å². The zero-order chi connectivity index (χ0) is 27.2. The average Bonchev–Trinajstić information content (AvgIpc) is 2.99. The number of hydrogen-bond donors (Lipinski definition) is 1. The van der Waals surface area contributed by atoms with Crippen LogP contribution in [-0.4, -0.2) is 66.6 Å². The van der Waals surface area contributed by atoms with Crippen LogP contribution in [0.2, 0.25) is 0 Å². The van der Waals surface area contributed by atoms with Crippen molar-refractivity contribution in [1.82, 2.24) is 20.2 Å². The third-order valence-electron chi connectivity index (χ3n) is 7.09. The maximum Gasteiger partial charge on any atom is 0.433 e. The van der Waals surface area contributed by atoms with Crippen LogP contribution in [0.4, 0.5) is 10.5 Å². The van der Waals surface area contributed by atoms with Crippen molar-refractivity contribution in [3.05, 3.63) is 96.1 Å². The number of aromatic nitrogens is 1. The second-order valence-electron chi connectivity index (χ2n) is 9.56. The SMILES string of the molecule is CCN1CCN(Cc2cccc(-c3cc(C(=O)NN(C(=O)OC)c4ccccc4)c4ccccc4n3)c2)CC1. The van der Waals surface area contributed by atoms with Gasteiger partial charge < -0.3 is 9.64 Å². The molecule has 0 aliphatic carbocycles. The number of benzene rings is 3. The fraction of sp³-hybridized carbons (Fsp3) is 0.258. The first-order chi connectivity index (χ1) is 19.1. The highest BCUT2D eigenvalue weighted by Crippen LogP contribution is 2.26. The fourth-order valence-electron chi connectivity index (χ4n) is 4.91. The maximum atomic E-state index is 13.6. The lowest BCUT2D eigenvalue weighted by molar-refractivity contribution is 0.0942. The van der Waals surface area contributed by atoms with E-state index in [9.17, 15) is 9.59 Å². The highest BCUT2D eigenvalue weighted by Gasteiger charge is 2.22. The van der Waals surface area contributed by atoms with Gasteiger partial charge in [-0.1, -0.05) is 61.5 Å². The second kappa shape index (κ2) is 12.1. The molecule has 1 N–H and O–H groups in total. The van der Waals surface area contributed by atoms with Crippen molar-refractivity contribution in [2.45, 2.75) is 13.5 Å². The van der Waals surface area contributed by atoms with Gasteiger partial charge in [-0.3, -0.25) is 15.1 Å². The summed E-state index contributed by atoms with van der Waals surface area (Å²) >= 11 is 0. The van der Waals surface area contributed by atoms with Gasteiger partial charge in [0.15, 0.2) is 0 Å². The number of pyridine rings is 1. The number of rotatable bonds is 6. The minimum Gasteiger partial charge on any atom is -0.451 e. The van der Waals surface area contributed by atoms with E-state index in [-0.39, 0.29) is 0 Å². The molecule has 4 aromatic rings. The molecule has 5 rings (SSSR count). The Bertz CT molecular complexity index is 1450. The molecule has 3 aromatic carbocycles. The summed E-state index contributed by atoms with van der Waals surface area (Å²) in [5.74, 6) is -0.436. The van der Waals surface area contributed by atoms with Crippen LogP contribution >= 0.6 is 0 Å². The number of likely N-dealkylation sites (N-methyl/N-ethyl adjacent to an activating group) is 1. The first-order valence-corrected chi connectivity index (χ1v) is 13.2. The Hall–Kier alpha value is -4.27. The molecule has 0 unspecified atom stereocenters. The smallest absolute Gasteiger partial charge is 0.433 e. The van der Waals surface area contributed by atoms with Gasteiger partial charge in [-0.15, -0.1) is 0 Å². The van der Waals surface area contributed by atoms with Gasteiger partial charge in [-0.05, 0) is 42.4 Å². The molecule has 1 aliphatic rings. The van der Waals surface area contributed by atoms with Crippen molar-refractivity contribution in [3.8, 4) is 11.3 Å². The highest BCUT2D eigenvalue weighted by molar-refractivity contribution is 6.09. The Morgan fingerprint density at radius 3 is 2.36 bits per heavy atom. The molecule has 200 valence electrons. The number of hydrogen-bond acceptors (Lipinski definition) is 6. The second-order valence-corrected chi connectivity index (χ2v) is 9.56. The third kappa shape index (κ3) is 6.08. The van der Waals surface area contributed by atoms with Crippen LogP contribution in [0.3, 0.4) is 0 Å². The first-order valence-electron chi connectivity index (χ1n) is 13.2.